The fourth-order valence-electron chi connectivity index (χ4n) is 6.13. The van der Waals surface area contributed by atoms with Crippen LogP contribution in [-0.2, 0) is 0 Å². The van der Waals surface area contributed by atoms with Gasteiger partial charge in [0.05, 0.1) is 13.2 Å². The van der Waals surface area contributed by atoms with Crippen LogP contribution >= 0.6 is 0 Å². The summed E-state index contributed by atoms with van der Waals surface area (Å²) in [5, 5.41) is 3.35. The molecule has 1 saturated carbocycles. The van der Waals surface area contributed by atoms with E-state index in [4.69, 9.17) is 4.74 Å². The van der Waals surface area contributed by atoms with E-state index in [1.54, 1.807) is 7.11 Å². The standard InChI is InChI=1S/C22H31N3O2/c1-27-18-8-6-15(7-9-18)19-14-25(22(26)23-17-4-2-3-5-17)20-16-10-12-24(13-11-16)21(19)20/h6-9,16-17,19-21H,2-5,10-14H2,1H3,(H,23,26)/t19-,20+,21+/m0/s1. The minimum absolute atomic E-state index is 0.182. The van der Waals surface area contributed by atoms with Crippen molar-refractivity contribution in [3.8, 4) is 5.75 Å². The quantitative estimate of drug-likeness (QED) is 0.890. The minimum atomic E-state index is 0.182. The summed E-state index contributed by atoms with van der Waals surface area (Å²) in [6, 6.07) is 9.93. The van der Waals surface area contributed by atoms with Crippen molar-refractivity contribution in [1.29, 1.82) is 0 Å². The lowest BCUT2D eigenvalue weighted by molar-refractivity contribution is 0.00328. The van der Waals surface area contributed by atoms with E-state index < -0.39 is 0 Å². The average Bonchev–Trinajstić information content (AvgIpc) is 3.38. The number of hydrogen-bond donors (Lipinski definition) is 1. The van der Waals surface area contributed by atoms with Crippen LogP contribution in [0.3, 0.4) is 0 Å². The summed E-state index contributed by atoms with van der Waals surface area (Å²) in [5.41, 5.74) is 1.34. The maximum Gasteiger partial charge on any atom is 0.317 e. The lowest BCUT2D eigenvalue weighted by Crippen LogP contribution is -2.61. The number of likely N-dealkylation sites (tertiary alicyclic amines) is 1. The molecular formula is C22H31N3O2. The van der Waals surface area contributed by atoms with Gasteiger partial charge < -0.3 is 15.0 Å². The predicted octanol–water partition coefficient (Wildman–Crippen LogP) is 3.21. The van der Waals surface area contributed by atoms with Crippen molar-refractivity contribution < 1.29 is 9.53 Å². The Hall–Kier alpha value is -1.75. The van der Waals surface area contributed by atoms with E-state index in [0.717, 1.165) is 25.1 Å². The van der Waals surface area contributed by atoms with Crippen molar-refractivity contribution in [1.82, 2.24) is 15.1 Å². The molecule has 4 heterocycles. The Kier molecular flexibility index (Phi) is 4.50. The molecule has 0 spiro atoms. The molecule has 1 aromatic carbocycles. The second-order valence-electron chi connectivity index (χ2n) is 8.82. The molecular weight excluding hydrogens is 338 g/mol. The summed E-state index contributed by atoms with van der Waals surface area (Å²) in [5.74, 6) is 1.96. The molecule has 4 aliphatic heterocycles. The second kappa shape index (κ2) is 7.01. The lowest BCUT2D eigenvalue weighted by Gasteiger charge is -2.51. The van der Waals surface area contributed by atoms with Crippen LogP contribution in [0, 0.1) is 5.92 Å². The van der Waals surface area contributed by atoms with Crippen molar-refractivity contribution >= 4 is 6.03 Å². The van der Waals surface area contributed by atoms with Crippen LogP contribution in [0.5, 0.6) is 5.75 Å². The highest BCUT2D eigenvalue weighted by atomic mass is 16.5. The first-order chi connectivity index (χ1) is 13.2. The van der Waals surface area contributed by atoms with Crippen LogP contribution in [0.4, 0.5) is 4.79 Å². The zero-order chi connectivity index (χ0) is 18.4. The number of carbonyl (C=O) groups is 1. The Balaban J connectivity index is 1.41. The van der Waals surface area contributed by atoms with Crippen LogP contribution in [0.1, 0.15) is 50.0 Å². The van der Waals surface area contributed by atoms with Crippen LogP contribution in [0.15, 0.2) is 24.3 Å². The molecule has 4 saturated heterocycles. The van der Waals surface area contributed by atoms with Gasteiger partial charge in [0, 0.05) is 24.5 Å². The van der Waals surface area contributed by atoms with Crippen molar-refractivity contribution in [2.45, 2.75) is 62.6 Å². The van der Waals surface area contributed by atoms with Crippen LogP contribution in [-0.4, -0.2) is 60.7 Å². The summed E-state index contributed by atoms with van der Waals surface area (Å²) in [6.45, 7) is 3.22. The van der Waals surface area contributed by atoms with E-state index >= 15 is 0 Å². The summed E-state index contributed by atoms with van der Waals surface area (Å²) >= 11 is 0. The first kappa shape index (κ1) is 17.4. The highest BCUT2D eigenvalue weighted by molar-refractivity contribution is 5.76. The maximum atomic E-state index is 13.2. The highest BCUT2D eigenvalue weighted by Gasteiger charge is 2.54. The van der Waals surface area contributed by atoms with Gasteiger partial charge in [0.25, 0.3) is 0 Å². The molecule has 1 N–H and O–H groups in total. The molecule has 27 heavy (non-hydrogen) atoms. The van der Waals surface area contributed by atoms with Crippen LogP contribution < -0.4 is 10.1 Å². The van der Waals surface area contributed by atoms with Crippen LogP contribution in [0.25, 0.3) is 0 Å². The zero-order valence-corrected chi connectivity index (χ0v) is 16.3. The number of rotatable bonds is 3. The Morgan fingerprint density at radius 2 is 1.74 bits per heavy atom. The molecule has 6 rings (SSSR count). The number of nitrogens with zero attached hydrogens (tertiary/aromatic N) is 2. The van der Waals surface area contributed by atoms with Crippen molar-refractivity contribution in [2.24, 2.45) is 5.92 Å². The molecule has 0 aromatic heterocycles. The van der Waals surface area contributed by atoms with Crippen molar-refractivity contribution in [3.05, 3.63) is 29.8 Å². The van der Waals surface area contributed by atoms with Gasteiger partial charge in [0.15, 0.2) is 0 Å². The SMILES string of the molecule is COc1ccc([C@@H]2CN(C(=O)NC3CCCC3)[C@@H]3C4CCN(CC4)[C@@H]32)cc1. The summed E-state index contributed by atoms with van der Waals surface area (Å²) < 4.78 is 5.34. The van der Waals surface area contributed by atoms with Gasteiger partial charge >= 0.3 is 6.03 Å². The van der Waals surface area contributed by atoms with Gasteiger partial charge in [-0.1, -0.05) is 25.0 Å². The summed E-state index contributed by atoms with van der Waals surface area (Å²) in [4.78, 5) is 18.0. The van der Waals surface area contributed by atoms with E-state index in [1.165, 1.54) is 44.3 Å². The largest absolute Gasteiger partial charge is 0.497 e. The third kappa shape index (κ3) is 3.00. The number of benzene rings is 1. The highest BCUT2D eigenvalue weighted by Crippen LogP contribution is 2.46. The van der Waals surface area contributed by atoms with Gasteiger partial charge in [-0.2, -0.15) is 0 Å². The fraction of sp³-hybridized carbons (Fsp3) is 0.682. The lowest BCUT2D eigenvalue weighted by atomic mass is 9.75. The summed E-state index contributed by atoms with van der Waals surface area (Å²) in [7, 11) is 1.71. The number of piperidine rings is 3. The van der Waals surface area contributed by atoms with Gasteiger partial charge in [-0.3, -0.25) is 4.90 Å². The van der Waals surface area contributed by atoms with Gasteiger partial charge in [-0.05, 0) is 62.4 Å². The smallest absolute Gasteiger partial charge is 0.317 e. The molecule has 5 heteroatoms. The second-order valence-corrected chi connectivity index (χ2v) is 8.82. The number of ether oxygens (including phenoxy) is 1. The molecule has 146 valence electrons. The molecule has 5 fully saturated rings. The molecule has 2 amide bonds. The monoisotopic (exact) mass is 369 g/mol. The van der Waals surface area contributed by atoms with Gasteiger partial charge in [-0.25, -0.2) is 4.79 Å². The maximum absolute atomic E-state index is 13.2. The molecule has 5 nitrogen and oxygen atoms in total. The Morgan fingerprint density at radius 1 is 1.04 bits per heavy atom. The number of hydrogen-bond acceptors (Lipinski definition) is 3. The molecule has 5 aliphatic rings. The van der Waals surface area contributed by atoms with Crippen molar-refractivity contribution in [3.63, 3.8) is 0 Å². The fourth-order valence-corrected chi connectivity index (χ4v) is 6.13. The predicted molar refractivity (Wildman–Crippen MR) is 105 cm³/mol. The van der Waals surface area contributed by atoms with Crippen molar-refractivity contribution in [2.75, 3.05) is 26.7 Å². The Labute approximate surface area is 162 Å². The average molecular weight is 370 g/mol. The number of methoxy groups -OCH3 is 1. The van der Waals surface area contributed by atoms with Gasteiger partial charge in [0.2, 0.25) is 0 Å². The molecule has 1 aromatic rings. The number of amides is 2. The molecule has 3 atom stereocenters. The van der Waals surface area contributed by atoms with E-state index in [1.807, 2.05) is 0 Å². The van der Waals surface area contributed by atoms with E-state index in [0.29, 0.717) is 30.0 Å². The Bertz CT molecular complexity index is 677. The third-order valence-corrected chi connectivity index (χ3v) is 7.48. The Morgan fingerprint density at radius 3 is 2.41 bits per heavy atom. The van der Waals surface area contributed by atoms with Gasteiger partial charge in [0.1, 0.15) is 5.75 Å². The number of carbonyl (C=O) groups excluding carboxylic acids is 1. The molecule has 0 radical (unpaired) electrons. The normalized spacial score (nSPS) is 35.3. The molecule has 2 bridgehead atoms. The molecule has 0 unspecified atom stereocenters. The minimum Gasteiger partial charge on any atom is -0.497 e. The molecule has 1 aliphatic carbocycles. The van der Waals surface area contributed by atoms with Gasteiger partial charge in [-0.15, -0.1) is 0 Å². The van der Waals surface area contributed by atoms with E-state index in [-0.39, 0.29) is 6.03 Å². The first-order valence-electron chi connectivity index (χ1n) is 10.7. The number of nitrogens with one attached hydrogen (secondary N) is 1. The van der Waals surface area contributed by atoms with E-state index in [2.05, 4.69) is 39.4 Å². The zero-order valence-electron chi connectivity index (χ0n) is 16.3. The number of urea groups is 1. The third-order valence-electron chi connectivity index (χ3n) is 7.48. The first-order valence-corrected chi connectivity index (χ1v) is 10.7. The van der Waals surface area contributed by atoms with E-state index in [9.17, 15) is 4.79 Å². The van der Waals surface area contributed by atoms with Crippen LogP contribution in [0.2, 0.25) is 0 Å². The number of fused-ring (bicyclic) bond motifs is 2. The topological polar surface area (TPSA) is 44.8 Å². The summed E-state index contributed by atoms with van der Waals surface area (Å²) in [6.07, 6.45) is 7.27.